The van der Waals surface area contributed by atoms with Crippen LogP contribution in [-0.2, 0) is 0 Å². The molecule has 0 radical (unpaired) electrons. The van der Waals surface area contributed by atoms with Gasteiger partial charge in [-0.1, -0.05) is 0 Å². The van der Waals surface area contributed by atoms with Gasteiger partial charge in [0.15, 0.2) is 11.5 Å². The summed E-state index contributed by atoms with van der Waals surface area (Å²) in [5.41, 5.74) is 3.12. The minimum Gasteiger partial charge on any atom is -0.380 e. The Morgan fingerprint density at radius 3 is 2.69 bits per heavy atom. The van der Waals surface area contributed by atoms with Gasteiger partial charge >= 0.3 is 0 Å². The lowest BCUT2D eigenvalue weighted by Crippen LogP contribution is -2.35. The number of rotatable bonds is 3. The van der Waals surface area contributed by atoms with Gasteiger partial charge in [0.2, 0.25) is 0 Å². The maximum Gasteiger partial charge on any atom is 0.173 e. The van der Waals surface area contributed by atoms with Crippen LogP contribution in [0, 0.1) is 18.6 Å². The monoisotopic (exact) mass is 394 g/mol. The zero-order valence-corrected chi connectivity index (χ0v) is 15.9. The van der Waals surface area contributed by atoms with Crippen molar-refractivity contribution in [2.45, 2.75) is 25.8 Å². The number of halogens is 2. The number of piperidine rings is 1. The highest BCUT2D eigenvalue weighted by atomic mass is 19.1. The molecule has 0 aliphatic carbocycles. The summed E-state index contributed by atoms with van der Waals surface area (Å²) >= 11 is 0. The first-order valence-corrected chi connectivity index (χ1v) is 9.66. The van der Waals surface area contributed by atoms with Gasteiger partial charge in [-0.3, -0.25) is 0 Å². The van der Waals surface area contributed by atoms with Crippen LogP contribution in [0.4, 0.5) is 14.5 Å². The maximum absolute atomic E-state index is 15.1. The number of anilines is 1. The number of hydrogen-bond acceptors (Lipinski definition) is 5. The fraction of sp³-hybridized carbons (Fsp3) is 0.286. The first-order chi connectivity index (χ1) is 14.1. The molecule has 1 aliphatic rings. The van der Waals surface area contributed by atoms with Crippen LogP contribution in [0.25, 0.3) is 27.7 Å². The van der Waals surface area contributed by atoms with E-state index in [9.17, 15) is 4.39 Å². The van der Waals surface area contributed by atoms with Crippen molar-refractivity contribution in [3.05, 3.63) is 54.1 Å². The molecule has 3 aromatic heterocycles. The SMILES string of the molecule is Cc1cn2cc(-c3cc(F)c4c(NC5CCNCC5)cnnc4c3)cc(F)c2n1. The summed E-state index contributed by atoms with van der Waals surface area (Å²) in [6.07, 6.45) is 6.97. The molecule has 0 saturated carbocycles. The third kappa shape index (κ3) is 3.29. The Bertz CT molecular complexity index is 1210. The second-order valence-corrected chi connectivity index (χ2v) is 7.47. The molecule has 29 heavy (non-hydrogen) atoms. The smallest absolute Gasteiger partial charge is 0.173 e. The predicted molar refractivity (Wildman–Crippen MR) is 108 cm³/mol. The summed E-state index contributed by atoms with van der Waals surface area (Å²) in [5.74, 6) is -0.866. The second kappa shape index (κ2) is 7.04. The van der Waals surface area contributed by atoms with E-state index < -0.39 is 11.6 Å². The van der Waals surface area contributed by atoms with E-state index in [2.05, 4.69) is 25.8 Å². The molecule has 1 fully saturated rings. The molecule has 1 saturated heterocycles. The van der Waals surface area contributed by atoms with Crippen molar-refractivity contribution in [1.29, 1.82) is 0 Å². The molecule has 1 aromatic carbocycles. The summed E-state index contributed by atoms with van der Waals surface area (Å²) in [5, 5.41) is 15.3. The third-order valence-corrected chi connectivity index (χ3v) is 5.35. The summed E-state index contributed by atoms with van der Waals surface area (Å²) in [6, 6.07) is 4.79. The van der Waals surface area contributed by atoms with E-state index in [1.807, 2.05) is 0 Å². The van der Waals surface area contributed by atoms with Crippen LogP contribution in [0.15, 0.2) is 36.8 Å². The van der Waals surface area contributed by atoms with Crippen LogP contribution in [-0.4, -0.2) is 38.7 Å². The number of aromatic nitrogens is 4. The van der Waals surface area contributed by atoms with E-state index >= 15 is 4.39 Å². The van der Waals surface area contributed by atoms with E-state index in [1.54, 1.807) is 36.0 Å². The minimum atomic E-state index is -0.455. The molecular weight excluding hydrogens is 374 g/mol. The largest absolute Gasteiger partial charge is 0.380 e. The Kier molecular flexibility index (Phi) is 4.35. The van der Waals surface area contributed by atoms with Crippen LogP contribution in [0.5, 0.6) is 0 Å². The highest BCUT2D eigenvalue weighted by Crippen LogP contribution is 2.31. The van der Waals surface area contributed by atoms with Gasteiger partial charge < -0.3 is 15.0 Å². The maximum atomic E-state index is 15.1. The van der Waals surface area contributed by atoms with E-state index in [-0.39, 0.29) is 11.7 Å². The molecule has 0 unspecified atom stereocenters. The summed E-state index contributed by atoms with van der Waals surface area (Å²) in [4.78, 5) is 4.16. The van der Waals surface area contributed by atoms with Crippen LogP contribution in [0.1, 0.15) is 18.5 Å². The fourth-order valence-corrected chi connectivity index (χ4v) is 3.95. The third-order valence-electron chi connectivity index (χ3n) is 5.35. The van der Waals surface area contributed by atoms with Crippen LogP contribution in [0.2, 0.25) is 0 Å². The van der Waals surface area contributed by atoms with Crippen molar-refractivity contribution in [2.75, 3.05) is 18.4 Å². The van der Waals surface area contributed by atoms with Gasteiger partial charge in [-0.25, -0.2) is 13.8 Å². The van der Waals surface area contributed by atoms with Gasteiger partial charge in [0, 0.05) is 24.0 Å². The van der Waals surface area contributed by atoms with Crippen LogP contribution in [0.3, 0.4) is 0 Å². The van der Waals surface area contributed by atoms with Crippen molar-refractivity contribution in [1.82, 2.24) is 24.9 Å². The van der Waals surface area contributed by atoms with Crippen molar-refractivity contribution >= 4 is 22.2 Å². The summed E-state index contributed by atoms with van der Waals surface area (Å²) in [7, 11) is 0. The first kappa shape index (κ1) is 17.9. The highest BCUT2D eigenvalue weighted by Gasteiger charge is 2.17. The molecule has 0 spiro atoms. The lowest BCUT2D eigenvalue weighted by Gasteiger charge is -2.25. The van der Waals surface area contributed by atoms with Crippen molar-refractivity contribution in [2.24, 2.45) is 0 Å². The van der Waals surface area contributed by atoms with E-state index in [4.69, 9.17) is 0 Å². The average Bonchev–Trinajstić information content (AvgIpc) is 3.09. The minimum absolute atomic E-state index is 0.251. The number of nitrogens with zero attached hydrogens (tertiary/aromatic N) is 4. The molecule has 0 amide bonds. The van der Waals surface area contributed by atoms with Crippen molar-refractivity contribution in [3.63, 3.8) is 0 Å². The van der Waals surface area contributed by atoms with Gasteiger partial charge in [0.1, 0.15) is 5.82 Å². The van der Waals surface area contributed by atoms with Gasteiger partial charge in [0.25, 0.3) is 0 Å². The van der Waals surface area contributed by atoms with E-state index in [0.717, 1.165) is 25.9 Å². The van der Waals surface area contributed by atoms with Crippen LogP contribution < -0.4 is 10.6 Å². The highest BCUT2D eigenvalue weighted by molar-refractivity contribution is 5.93. The van der Waals surface area contributed by atoms with Gasteiger partial charge in [-0.05, 0) is 56.6 Å². The Balaban J connectivity index is 1.58. The molecular formula is C21H20F2N6. The average molecular weight is 394 g/mol. The predicted octanol–water partition coefficient (Wildman–Crippen LogP) is 3.70. The molecule has 0 bridgehead atoms. The number of aryl methyl sites for hydroxylation is 1. The Morgan fingerprint density at radius 2 is 1.86 bits per heavy atom. The van der Waals surface area contributed by atoms with E-state index in [1.165, 1.54) is 12.1 Å². The topological polar surface area (TPSA) is 67.1 Å². The number of nitrogens with one attached hydrogen (secondary N) is 2. The molecule has 0 atom stereocenters. The Morgan fingerprint density at radius 1 is 1.07 bits per heavy atom. The van der Waals surface area contributed by atoms with Crippen molar-refractivity contribution < 1.29 is 8.78 Å². The molecule has 6 nitrogen and oxygen atoms in total. The van der Waals surface area contributed by atoms with Gasteiger partial charge in [0.05, 0.1) is 28.5 Å². The molecule has 8 heteroatoms. The van der Waals surface area contributed by atoms with Crippen LogP contribution >= 0.6 is 0 Å². The lowest BCUT2D eigenvalue weighted by molar-refractivity contribution is 0.479. The quantitative estimate of drug-likeness (QED) is 0.555. The number of fused-ring (bicyclic) bond motifs is 2. The lowest BCUT2D eigenvalue weighted by atomic mass is 10.0. The molecule has 4 aromatic rings. The van der Waals surface area contributed by atoms with Gasteiger partial charge in [-0.2, -0.15) is 10.2 Å². The summed E-state index contributed by atoms with van der Waals surface area (Å²) < 4.78 is 31.2. The van der Waals surface area contributed by atoms with Crippen molar-refractivity contribution in [3.8, 4) is 11.1 Å². The number of imidazole rings is 1. The number of hydrogen-bond donors (Lipinski definition) is 2. The normalized spacial score (nSPS) is 15.3. The number of benzene rings is 1. The molecule has 4 heterocycles. The molecule has 5 rings (SSSR count). The molecule has 148 valence electrons. The Hall–Kier alpha value is -3.13. The molecule has 2 N–H and O–H groups in total. The molecule has 1 aliphatic heterocycles. The van der Waals surface area contributed by atoms with E-state index in [0.29, 0.717) is 33.4 Å². The zero-order valence-electron chi connectivity index (χ0n) is 15.9. The first-order valence-electron chi connectivity index (χ1n) is 9.66. The standard InChI is InChI=1S/C21H20F2N6/c1-12-10-29-11-14(7-17(23)21(29)26-12)13-6-16(22)20-18(8-13)28-25-9-19(20)27-15-2-4-24-5-3-15/h6-11,15,24H,2-5H2,1H3,(H,27,28). The fourth-order valence-electron chi connectivity index (χ4n) is 3.95. The zero-order chi connectivity index (χ0) is 20.0. The Labute approximate surface area is 166 Å². The van der Waals surface area contributed by atoms with Gasteiger partial charge in [-0.15, -0.1) is 0 Å². The number of pyridine rings is 1. The summed E-state index contributed by atoms with van der Waals surface area (Å²) in [6.45, 7) is 3.67. The second-order valence-electron chi connectivity index (χ2n) is 7.47.